The van der Waals surface area contributed by atoms with Gasteiger partial charge in [0.15, 0.2) is 5.96 Å². The molecule has 5 nitrogen and oxygen atoms in total. The summed E-state index contributed by atoms with van der Waals surface area (Å²) in [5.41, 5.74) is 3.95. The van der Waals surface area contributed by atoms with Crippen LogP contribution in [0.1, 0.15) is 30.5 Å². The van der Waals surface area contributed by atoms with Crippen molar-refractivity contribution in [3.8, 4) is 5.75 Å². The van der Waals surface area contributed by atoms with Gasteiger partial charge in [-0.25, -0.2) is 0 Å². The van der Waals surface area contributed by atoms with E-state index in [1.807, 2.05) is 19.2 Å². The van der Waals surface area contributed by atoms with Crippen molar-refractivity contribution in [2.24, 2.45) is 4.99 Å². The van der Waals surface area contributed by atoms with Crippen molar-refractivity contribution < 1.29 is 4.74 Å². The molecule has 152 valence electrons. The van der Waals surface area contributed by atoms with Crippen LogP contribution in [-0.2, 0) is 19.5 Å². The Morgan fingerprint density at radius 1 is 0.964 bits per heavy atom. The predicted molar refractivity (Wildman–Crippen MR) is 118 cm³/mol. The molecule has 2 rings (SSSR count). The molecule has 0 aromatic heterocycles. The number of rotatable bonds is 10. The Morgan fingerprint density at radius 2 is 1.64 bits per heavy atom. The summed E-state index contributed by atoms with van der Waals surface area (Å²) in [6, 6.07) is 16.8. The minimum atomic E-state index is 0.764. The first-order valence-electron chi connectivity index (χ1n) is 10.1. The molecule has 5 heteroatoms. The zero-order chi connectivity index (χ0) is 20.2. The largest absolute Gasteiger partial charge is 0.497 e. The van der Waals surface area contributed by atoms with Crippen molar-refractivity contribution in [1.29, 1.82) is 0 Å². The van der Waals surface area contributed by atoms with Gasteiger partial charge < -0.3 is 15.4 Å². The standard InChI is InChI=1S/C23H34N4O/c1-5-27(6-2)18-21-10-8-7-9-20(21)17-26-23(24-3)25-16-15-19-11-13-22(28-4)14-12-19/h7-14H,5-6,15-18H2,1-4H3,(H2,24,25,26). The van der Waals surface area contributed by atoms with Crippen molar-refractivity contribution >= 4 is 5.96 Å². The van der Waals surface area contributed by atoms with E-state index in [9.17, 15) is 0 Å². The molecule has 2 aromatic carbocycles. The van der Waals surface area contributed by atoms with E-state index in [0.29, 0.717) is 0 Å². The Kier molecular flexibility index (Phi) is 9.35. The highest BCUT2D eigenvalue weighted by Gasteiger charge is 2.07. The minimum absolute atomic E-state index is 0.764. The van der Waals surface area contributed by atoms with Gasteiger partial charge in [0.1, 0.15) is 5.75 Å². The van der Waals surface area contributed by atoms with Crippen LogP contribution in [0.3, 0.4) is 0 Å². The van der Waals surface area contributed by atoms with Gasteiger partial charge in [0.2, 0.25) is 0 Å². The normalized spacial score (nSPS) is 11.5. The van der Waals surface area contributed by atoms with Gasteiger partial charge in [-0.2, -0.15) is 0 Å². The Balaban J connectivity index is 1.85. The second-order valence-electron chi connectivity index (χ2n) is 6.68. The molecule has 0 radical (unpaired) electrons. The van der Waals surface area contributed by atoms with Crippen LogP contribution in [0, 0.1) is 0 Å². The number of nitrogens with one attached hydrogen (secondary N) is 2. The lowest BCUT2D eigenvalue weighted by atomic mass is 10.1. The molecule has 0 spiro atoms. The van der Waals surface area contributed by atoms with E-state index in [1.165, 1.54) is 16.7 Å². The first-order valence-corrected chi connectivity index (χ1v) is 10.1. The van der Waals surface area contributed by atoms with Gasteiger partial charge in [-0.05, 0) is 48.3 Å². The van der Waals surface area contributed by atoms with Crippen LogP contribution in [0.15, 0.2) is 53.5 Å². The highest BCUT2D eigenvalue weighted by Crippen LogP contribution is 2.12. The van der Waals surface area contributed by atoms with Crippen LogP contribution in [0.25, 0.3) is 0 Å². The first-order chi connectivity index (χ1) is 13.7. The van der Waals surface area contributed by atoms with Crippen LogP contribution < -0.4 is 15.4 Å². The van der Waals surface area contributed by atoms with Crippen molar-refractivity contribution in [2.45, 2.75) is 33.4 Å². The number of hydrogen-bond donors (Lipinski definition) is 2. The quantitative estimate of drug-likeness (QED) is 0.488. The number of hydrogen-bond acceptors (Lipinski definition) is 3. The Hall–Kier alpha value is -2.53. The molecule has 0 heterocycles. The van der Waals surface area contributed by atoms with E-state index in [2.05, 4.69) is 70.8 Å². The van der Waals surface area contributed by atoms with Crippen LogP contribution in [0.4, 0.5) is 0 Å². The zero-order valence-corrected chi connectivity index (χ0v) is 17.7. The molecule has 0 fully saturated rings. The fourth-order valence-corrected chi connectivity index (χ4v) is 3.09. The zero-order valence-electron chi connectivity index (χ0n) is 17.7. The molecule has 0 unspecified atom stereocenters. The van der Waals surface area contributed by atoms with E-state index in [0.717, 1.165) is 50.9 Å². The third-order valence-corrected chi connectivity index (χ3v) is 4.94. The molecular weight excluding hydrogens is 348 g/mol. The summed E-state index contributed by atoms with van der Waals surface area (Å²) in [7, 11) is 3.50. The van der Waals surface area contributed by atoms with Crippen molar-refractivity contribution in [3.05, 3.63) is 65.2 Å². The van der Waals surface area contributed by atoms with Gasteiger partial charge in [-0.1, -0.05) is 50.2 Å². The molecule has 28 heavy (non-hydrogen) atoms. The maximum absolute atomic E-state index is 5.20. The number of methoxy groups -OCH3 is 1. The Morgan fingerprint density at radius 3 is 2.25 bits per heavy atom. The molecular formula is C23H34N4O. The molecule has 0 aliphatic carbocycles. The number of ether oxygens (including phenoxy) is 1. The number of nitrogens with zero attached hydrogens (tertiary/aromatic N) is 2. The molecule has 2 N–H and O–H groups in total. The molecule has 0 saturated heterocycles. The minimum Gasteiger partial charge on any atom is -0.497 e. The fraction of sp³-hybridized carbons (Fsp3) is 0.435. The fourth-order valence-electron chi connectivity index (χ4n) is 3.09. The van der Waals surface area contributed by atoms with Crippen LogP contribution in [0.2, 0.25) is 0 Å². The van der Waals surface area contributed by atoms with E-state index in [-0.39, 0.29) is 0 Å². The summed E-state index contributed by atoms with van der Waals surface area (Å²) in [5.74, 6) is 1.71. The lowest BCUT2D eigenvalue weighted by Crippen LogP contribution is -2.38. The molecule has 0 amide bonds. The average molecular weight is 383 g/mol. The van der Waals surface area contributed by atoms with Crippen molar-refractivity contribution in [2.75, 3.05) is 33.8 Å². The van der Waals surface area contributed by atoms with E-state index in [4.69, 9.17) is 4.74 Å². The van der Waals surface area contributed by atoms with Gasteiger partial charge in [0, 0.05) is 26.7 Å². The van der Waals surface area contributed by atoms with E-state index >= 15 is 0 Å². The molecule has 0 aliphatic rings. The van der Waals surface area contributed by atoms with Crippen LogP contribution >= 0.6 is 0 Å². The van der Waals surface area contributed by atoms with E-state index in [1.54, 1.807) is 7.11 Å². The van der Waals surface area contributed by atoms with Crippen LogP contribution in [0.5, 0.6) is 5.75 Å². The summed E-state index contributed by atoms with van der Waals surface area (Å²) in [6.07, 6.45) is 0.934. The summed E-state index contributed by atoms with van der Waals surface area (Å²) >= 11 is 0. The summed E-state index contributed by atoms with van der Waals surface area (Å²) in [4.78, 5) is 6.78. The topological polar surface area (TPSA) is 48.9 Å². The van der Waals surface area contributed by atoms with Crippen LogP contribution in [-0.4, -0.2) is 44.7 Å². The maximum atomic E-state index is 5.20. The Labute approximate surface area is 169 Å². The van der Waals surface area contributed by atoms with Gasteiger partial charge >= 0.3 is 0 Å². The highest BCUT2D eigenvalue weighted by molar-refractivity contribution is 5.79. The maximum Gasteiger partial charge on any atom is 0.191 e. The molecule has 0 atom stereocenters. The second kappa shape index (κ2) is 12.0. The lowest BCUT2D eigenvalue weighted by Gasteiger charge is -2.20. The number of aliphatic imine (C=N–C) groups is 1. The summed E-state index contributed by atoms with van der Waals surface area (Å²) in [6.45, 7) is 9.11. The third kappa shape index (κ3) is 6.89. The average Bonchev–Trinajstić information content (AvgIpc) is 2.75. The molecule has 0 saturated carbocycles. The predicted octanol–water partition coefficient (Wildman–Crippen LogP) is 3.44. The lowest BCUT2D eigenvalue weighted by molar-refractivity contribution is 0.295. The van der Waals surface area contributed by atoms with E-state index < -0.39 is 0 Å². The Bertz CT molecular complexity index is 724. The summed E-state index contributed by atoms with van der Waals surface area (Å²) < 4.78 is 5.20. The third-order valence-electron chi connectivity index (χ3n) is 4.94. The number of guanidine groups is 1. The van der Waals surface area contributed by atoms with Gasteiger partial charge in [-0.3, -0.25) is 9.89 Å². The molecule has 0 aliphatic heterocycles. The SMILES string of the molecule is CCN(CC)Cc1ccccc1CNC(=NC)NCCc1ccc(OC)cc1. The van der Waals surface area contributed by atoms with Crippen molar-refractivity contribution in [1.82, 2.24) is 15.5 Å². The number of benzene rings is 2. The second-order valence-corrected chi connectivity index (χ2v) is 6.68. The molecule has 0 bridgehead atoms. The van der Waals surface area contributed by atoms with Gasteiger partial charge in [0.25, 0.3) is 0 Å². The molecule has 2 aromatic rings. The van der Waals surface area contributed by atoms with Crippen molar-refractivity contribution in [3.63, 3.8) is 0 Å². The smallest absolute Gasteiger partial charge is 0.191 e. The van der Waals surface area contributed by atoms with Gasteiger partial charge in [0.05, 0.1) is 7.11 Å². The van der Waals surface area contributed by atoms with Gasteiger partial charge in [-0.15, -0.1) is 0 Å². The summed E-state index contributed by atoms with van der Waals surface area (Å²) in [5, 5.41) is 6.84. The first kappa shape index (κ1) is 21.8. The monoisotopic (exact) mass is 382 g/mol. The highest BCUT2D eigenvalue weighted by atomic mass is 16.5.